The summed E-state index contributed by atoms with van der Waals surface area (Å²) in [5.41, 5.74) is 1.02. The molecule has 4 nitrogen and oxygen atoms in total. The van der Waals surface area contributed by atoms with Crippen molar-refractivity contribution in [2.45, 2.75) is 85.3 Å². The smallest absolute Gasteiger partial charge is 0.170 e. The lowest BCUT2D eigenvalue weighted by atomic mass is 9.86. The van der Waals surface area contributed by atoms with Crippen molar-refractivity contribution >= 4 is 5.69 Å². The number of halogens is 1. The molecule has 1 heterocycles. The van der Waals surface area contributed by atoms with Crippen LogP contribution in [0.25, 0.3) is 0 Å². The van der Waals surface area contributed by atoms with Crippen LogP contribution in [-0.2, 0) is 0 Å². The second-order valence-electron chi connectivity index (χ2n) is 9.93. The molecule has 0 saturated carbocycles. The molecule has 5 atom stereocenters. The Labute approximate surface area is 196 Å². The van der Waals surface area contributed by atoms with Crippen LogP contribution in [0.3, 0.4) is 0 Å². The van der Waals surface area contributed by atoms with Gasteiger partial charge in [-0.1, -0.05) is 53.4 Å². The molecule has 5 heteroatoms. The molecular formula is C27H47FN2O2. The zero-order valence-corrected chi connectivity index (χ0v) is 21.1. The molecular weight excluding hydrogens is 403 g/mol. The van der Waals surface area contributed by atoms with Gasteiger partial charge in [-0.25, -0.2) is 0 Å². The first-order valence-corrected chi connectivity index (χ1v) is 12.9. The molecule has 2 N–H and O–H groups in total. The predicted octanol–water partition coefficient (Wildman–Crippen LogP) is 7.05. The molecule has 32 heavy (non-hydrogen) atoms. The lowest BCUT2D eigenvalue weighted by molar-refractivity contribution is 0.197. The average molecular weight is 451 g/mol. The van der Waals surface area contributed by atoms with Crippen LogP contribution in [0.5, 0.6) is 11.5 Å². The molecule has 1 aliphatic heterocycles. The van der Waals surface area contributed by atoms with E-state index >= 15 is 0 Å². The standard InChI is InChI=1S/C27H47FN2O2/c1-6-22(10-8-9-20(3)13-14-29-5)15-21(4)16-27-30-25-12-11-24(17-26(25)32-27)31-19-23(7-2)18-28/h11-12,17,20-23,27,29-30H,6-10,13-16,18-19H2,1-5H3. The van der Waals surface area contributed by atoms with E-state index in [1.807, 2.05) is 32.2 Å². The molecule has 0 aliphatic carbocycles. The Bertz CT molecular complexity index is 638. The predicted molar refractivity (Wildman–Crippen MR) is 133 cm³/mol. The summed E-state index contributed by atoms with van der Waals surface area (Å²) in [6.45, 7) is 10.2. The Morgan fingerprint density at radius 3 is 2.56 bits per heavy atom. The van der Waals surface area contributed by atoms with Gasteiger partial charge in [-0.15, -0.1) is 0 Å². The Kier molecular flexibility index (Phi) is 12.2. The van der Waals surface area contributed by atoms with Gasteiger partial charge in [-0.3, -0.25) is 4.39 Å². The molecule has 0 bridgehead atoms. The first-order chi connectivity index (χ1) is 15.5. The van der Waals surface area contributed by atoms with Gasteiger partial charge in [0.2, 0.25) is 0 Å². The van der Waals surface area contributed by atoms with Gasteiger partial charge in [0.05, 0.1) is 19.0 Å². The summed E-state index contributed by atoms with van der Waals surface area (Å²) in [7, 11) is 2.03. The normalized spacial score (nSPS) is 18.9. The number of fused-ring (bicyclic) bond motifs is 1. The van der Waals surface area contributed by atoms with Crippen molar-refractivity contribution in [3.05, 3.63) is 18.2 Å². The van der Waals surface area contributed by atoms with Crippen LogP contribution in [0.4, 0.5) is 10.1 Å². The van der Waals surface area contributed by atoms with Crippen LogP contribution >= 0.6 is 0 Å². The number of nitrogens with one attached hydrogen (secondary N) is 2. The van der Waals surface area contributed by atoms with Crippen LogP contribution < -0.4 is 20.1 Å². The van der Waals surface area contributed by atoms with Gasteiger partial charge in [0.1, 0.15) is 11.5 Å². The summed E-state index contributed by atoms with van der Waals surface area (Å²) < 4.78 is 24.9. The molecule has 1 aromatic rings. The number of hydrogen-bond donors (Lipinski definition) is 2. The van der Waals surface area contributed by atoms with E-state index in [4.69, 9.17) is 9.47 Å². The summed E-state index contributed by atoms with van der Waals surface area (Å²) in [5, 5.41) is 6.76. The number of benzene rings is 1. The zero-order chi connectivity index (χ0) is 23.3. The van der Waals surface area contributed by atoms with Gasteiger partial charge >= 0.3 is 0 Å². The molecule has 184 valence electrons. The number of ether oxygens (including phenoxy) is 2. The molecule has 1 aliphatic rings. The molecule has 0 spiro atoms. The van der Waals surface area contributed by atoms with E-state index < -0.39 is 0 Å². The fraction of sp³-hybridized carbons (Fsp3) is 0.778. The largest absolute Gasteiger partial charge is 0.493 e. The lowest BCUT2D eigenvalue weighted by Crippen LogP contribution is -2.24. The molecule has 0 radical (unpaired) electrons. The maximum Gasteiger partial charge on any atom is 0.170 e. The average Bonchev–Trinajstić information content (AvgIpc) is 3.18. The van der Waals surface area contributed by atoms with Crippen molar-refractivity contribution in [3.8, 4) is 11.5 Å². The first-order valence-electron chi connectivity index (χ1n) is 12.9. The van der Waals surface area contributed by atoms with Gasteiger partial charge in [0, 0.05) is 18.4 Å². The molecule has 0 saturated heterocycles. The second kappa shape index (κ2) is 14.6. The SMILES string of the molecule is CCC(CF)COc1ccc2c(c1)OC(CC(C)CC(CC)CCCC(C)CCNC)N2. The van der Waals surface area contributed by atoms with Gasteiger partial charge in [-0.2, -0.15) is 0 Å². The van der Waals surface area contributed by atoms with Gasteiger partial charge in [-0.05, 0) is 62.7 Å². The van der Waals surface area contributed by atoms with Gasteiger partial charge < -0.3 is 20.1 Å². The van der Waals surface area contributed by atoms with Crippen molar-refractivity contribution in [2.24, 2.45) is 23.7 Å². The number of anilines is 1. The summed E-state index contributed by atoms with van der Waals surface area (Å²) in [6.07, 6.45) is 9.60. The number of hydrogen-bond acceptors (Lipinski definition) is 4. The van der Waals surface area contributed by atoms with Crippen LogP contribution in [0.15, 0.2) is 18.2 Å². The monoisotopic (exact) mass is 450 g/mol. The fourth-order valence-electron chi connectivity index (χ4n) is 4.57. The van der Waals surface area contributed by atoms with Crippen LogP contribution in [-0.4, -0.2) is 33.1 Å². The van der Waals surface area contributed by atoms with E-state index in [1.54, 1.807) is 0 Å². The summed E-state index contributed by atoms with van der Waals surface area (Å²) in [4.78, 5) is 0. The highest BCUT2D eigenvalue weighted by Crippen LogP contribution is 2.37. The topological polar surface area (TPSA) is 42.5 Å². The van der Waals surface area contributed by atoms with E-state index in [2.05, 4.69) is 31.4 Å². The highest BCUT2D eigenvalue weighted by molar-refractivity contribution is 5.62. The van der Waals surface area contributed by atoms with E-state index in [1.165, 1.54) is 38.5 Å². The fourth-order valence-corrected chi connectivity index (χ4v) is 4.57. The third kappa shape index (κ3) is 9.17. The maximum absolute atomic E-state index is 12.9. The van der Waals surface area contributed by atoms with Crippen molar-refractivity contribution in [1.29, 1.82) is 0 Å². The highest BCUT2D eigenvalue weighted by atomic mass is 19.1. The van der Waals surface area contributed by atoms with Gasteiger partial charge in [0.25, 0.3) is 0 Å². The second-order valence-corrected chi connectivity index (χ2v) is 9.93. The van der Waals surface area contributed by atoms with Gasteiger partial charge in [0.15, 0.2) is 6.23 Å². The molecule has 0 aromatic heterocycles. The molecule has 0 fully saturated rings. The van der Waals surface area contributed by atoms with E-state index in [9.17, 15) is 4.39 Å². The summed E-state index contributed by atoms with van der Waals surface area (Å²) in [5.74, 6) is 3.77. The Hall–Kier alpha value is -1.49. The number of rotatable bonds is 17. The first kappa shape index (κ1) is 26.8. The highest BCUT2D eigenvalue weighted by Gasteiger charge is 2.25. The van der Waals surface area contributed by atoms with Crippen LogP contribution in [0.1, 0.15) is 79.1 Å². The van der Waals surface area contributed by atoms with Crippen LogP contribution in [0, 0.1) is 23.7 Å². The van der Waals surface area contributed by atoms with E-state index in [0.717, 1.165) is 48.4 Å². The van der Waals surface area contributed by atoms with Crippen molar-refractivity contribution < 1.29 is 13.9 Å². The lowest BCUT2D eigenvalue weighted by Gasteiger charge is -2.22. The van der Waals surface area contributed by atoms with Crippen molar-refractivity contribution in [1.82, 2.24) is 5.32 Å². The molecule has 0 amide bonds. The molecule has 2 rings (SSSR count). The Morgan fingerprint density at radius 2 is 1.88 bits per heavy atom. The van der Waals surface area contributed by atoms with E-state index in [-0.39, 0.29) is 18.8 Å². The number of alkyl halides is 1. The third-order valence-electron chi connectivity index (χ3n) is 6.95. The van der Waals surface area contributed by atoms with E-state index in [0.29, 0.717) is 12.5 Å². The third-order valence-corrected chi connectivity index (χ3v) is 6.95. The zero-order valence-electron chi connectivity index (χ0n) is 21.1. The Balaban J connectivity index is 1.73. The molecule has 1 aromatic carbocycles. The maximum atomic E-state index is 12.9. The van der Waals surface area contributed by atoms with Crippen molar-refractivity contribution in [2.75, 3.05) is 32.2 Å². The minimum absolute atomic E-state index is 0.0172. The minimum atomic E-state index is -0.340. The quantitative estimate of drug-likeness (QED) is 0.267. The summed E-state index contributed by atoms with van der Waals surface area (Å²) in [6, 6.07) is 5.88. The van der Waals surface area contributed by atoms with Crippen LogP contribution in [0.2, 0.25) is 0 Å². The van der Waals surface area contributed by atoms with Crippen molar-refractivity contribution in [3.63, 3.8) is 0 Å². The minimum Gasteiger partial charge on any atom is -0.493 e. The summed E-state index contributed by atoms with van der Waals surface area (Å²) >= 11 is 0. The molecule has 5 unspecified atom stereocenters. The Morgan fingerprint density at radius 1 is 1.09 bits per heavy atom.